The first kappa shape index (κ1) is 64.9. The number of ether oxygens (including phenoxy) is 2. The van der Waals surface area contributed by atoms with Gasteiger partial charge in [0.15, 0.2) is 6.29 Å². The number of nitrogens with one attached hydrogen (secondary N) is 1. The predicted octanol–water partition coefficient (Wildman–Crippen LogP) is 14.8. The first-order valence-corrected chi connectivity index (χ1v) is 29.9. The highest BCUT2D eigenvalue weighted by Gasteiger charge is 2.44. The van der Waals surface area contributed by atoms with E-state index in [2.05, 4.69) is 19.2 Å². The van der Waals surface area contributed by atoms with Gasteiger partial charge in [-0.05, 0) is 19.3 Å². The molecule has 0 bridgehead atoms. The number of amides is 1. The lowest BCUT2D eigenvalue weighted by atomic mass is 9.99. The number of allylic oxidation sites excluding steroid dienone is 1. The zero-order valence-electron chi connectivity index (χ0n) is 44.9. The van der Waals surface area contributed by atoms with E-state index in [0.29, 0.717) is 6.42 Å². The van der Waals surface area contributed by atoms with E-state index in [9.17, 15) is 30.3 Å². The fourth-order valence-electron chi connectivity index (χ4n) is 9.87. The smallest absolute Gasteiger partial charge is 0.220 e. The van der Waals surface area contributed by atoms with E-state index in [0.717, 1.165) is 38.5 Å². The zero-order chi connectivity index (χ0) is 49.4. The van der Waals surface area contributed by atoms with E-state index in [1.165, 1.54) is 244 Å². The molecule has 9 heteroatoms. The highest BCUT2D eigenvalue weighted by Crippen LogP contribution is 2.23. The number of hydrogen-bond acceptors (Lipinski definition) is 8. The SMILES string of the molecule is CCCCCCCCC/C=C/[C@@H](O)[C@H](CO[C@@H]1O[C@H](CO)[C@@H](O)C(O)C1O)NC(=O)CCCCCCCCCCCCCCCCCCCCCCCCCCCCCCCCCCCCCC. The van der Waals surface area contributed by atoms with Crippen LogP contribution in [-0.2, 0) is 14.3 Å². The second-order valence-corrected chi connectivity index (χ2v) is 21.2. The van der Waals surface area contributed by atoms with Crippen molar-refractivity contribution >= 4 is 5.91 Å². The van der Waals surface area contributed by atoms with Gasteiger partial charge in [-0.3, -0.25) is 4.79 Å². The highest BCUT2D eigenvalue weighted by molar-refractivity contribution is 5.76. The van der Waals surface area contributed by atoms with Gasteiger partial charge in [-0.25, -0.2) is 0 Å². The fourth-order valence-corrected chi connectivity index (χ4v) is 9.87. The summed E-state index contributed by atoms with van der Waals surface area (Å²) in [5, 5.41) is 54.2. The molecule has 7 atom stereocenters. The van der Waals surface area contributed by atoms with Gasteiger partial charge in [-0.2, -0.15) is 0 Å². The maximum absolute atomic E-state index is 13.0. The Bertz CT molecular complexity index is 1080. The Morgan fingerprint density at radius 1 is 0.485 bits per heavy atom. The van der Waals surface area contributed by atoms with Crippen molar-refractivity contribution < 1.29 is 39.8 Å². The van der Waals surface area contributed by atoms with Crippen LogP contribution in [0.4, 0.5) is 0 Å². The Balaban J connectivity index is 2.00. The lowest BCUT2D eigenvalue weighted by molar-refractivity contribution is -0.302. The lowest BCUT2D eigenvalue weighted by Crippen LogP contribution is -2.60. The summed E-state index contributed by atoms with van der Waals surface area (Å²) in [6, 6.07) is -0.798. The molecule has 68 heavy (non-hydrogen) atoms. The molecule has 0 aromatic rings. The van der Waals surface area contributed by atoms with E-state index in [1.54, 1.807) is 6.08 Å². The molecule has 1 aliphatic heterocycles. The highest BCUT2D eigenvalue weighted by atomic mass is 16.7. The van der Waals surface area contributed by atoms with E-state index < -0.39 is 49.5 Å². The average molecular weight is 967 g/mol. The van der Waals surface area contributed by atoms with Crippen LogP contribution in [0.15, 0.2) is 12.2 Å². The molecule has 0 aromatic carbocycles. The summed E-state index contributed by atoms with van der Waals surface area (Å²) in [5.74, 6) is -0.173. The Kier molecular flexibility index (Phi) is 47.3. The lowest BCUT2D eigenvalue weighted by Gasteiger charge is -2.40. The average Bonchev–Trinajstić information content (AvgIpc) is 3.34. The van der Waals surface area contributed by atoms with Gasteiger partial charge < -0.3 is 40.3 Å². The first-order valence-electron chi connectivity index (χ1n) is 29.9. The zero-order valence-corrected chi connectivity index (χ0v) is 44.9. The van der Waals surface area contributed by atoms with Crippen molar-refractivity contribution in [3.63, 3.8) is 0 Å². The maximum atomic E-state index is 13.0. The summed E-state index contributed by atoms with van der Waals surface area (Å²) < 4.78 is 11.2. The first-order chi connectivity index (χ1) is 33.3. The van der Waals surface area contributed by atoms with Gasteiger partial charge in [0.1, 0.15) is 24.4 Å². The molecule has 0 radical (unpaired) electrons. The van der Waals surface area contributed by atoms with Crippen LogP contribution in [0, 0.1) is 0 Å². The summed E-state index contributed by atoms with van der Waals surface area (Å²) in [7, 11) is 0. The van der Waals surface area contributed by atoms with Gasteiger partial charge in [0, 0.05) is 6.42 Å². The number of hydrogen-bond donors (Lipinski definition) is 6. The minimum absolute atomic E-state index is 0.173. The van der Waals surface area contributed by atoms with Crippen molar-refractivity contribution in [3.8, 4) is 0 Å². The monoisotopic (exact) mass is 966 g/mol. The van der Waals surface area contributed by atoms with Crippen LogP contribution in [0.25, 0.3) is 0 Å². The van der Waals surface area contributed by atoms with Crippen molar-refractivity contribution in [2.24, 2.45) is 0 Å². The van der Waals surface area contributed by atoms with Crippen LogP contribution in [0.1, 0.15) is 303 Å². The molecule has 0 saturated carbocycles. The van der Waals surface area contributed by atoms with E-state index in [4.69, 9.17) is 9.47 Å². The van der Waals surface area contributed by atoms with Crippen LogP contribution < -0.4 is 5.32 Å². The molecule has 1 fully saturated rings. The van der Waals surface area contributed by atoms with Gasteiger partial charge in [0.05, 0.1) is 25.4 Å². The third-order valence-corrected chi connectivity index (χ3v) is 14.6. The molecule has 404 valence electrons. The summed E-state index contributed by atoms with van der Waals surface area (Å²) in [6.45, 7) is 3.77. The molecule has 1 aliphatic rings. The van der Waals surface area contributed by atoms with Crippen molar-refractivity contribution in [1.82, 2.24) is 5.32 Å². The molecule has 1 heterocycles. The molecule has 9 nitrogen and oxygen atoms in total. The molecule has 1 amide bonds. The number of aliphatic hydroxyl groups excluding tert-OH is 5. The number of rotatable bonds is 52. The van der Waals surface area contributed by atoms with Crippen molar-refractivity contribution in [3.05, 3.63) is 12.2 Å². The largest absolute Gasteiger partial charge is 0.394 e. The standard InChI is InChI=1S/C59H115NO8/c1-3-5-7-9-11-13-14-15-16-17-18-19-20-21-22-23-24-25-26-27-28-29-30-31-32-33-34-35-36-37-38-39-41-43-45-47-49-55(63)60-52(53(62)48-46-44-42-40-12-10-8-6-4-2)51-67-59-58(66)57(65)56(64)54(50-61)68-59/h46,48,52-54,56-59,61-62,64-66H,3-45,47,49-51H2,1-2H3,(H,60,63)/b48-46+/t52-,53+,54+,56+,57?,58?,59+/m0/s1. The molecule has 1 saturated heterocycles. The van der Waals surface area contributed by atoms with E-state index >= 15 is 0 Å². The molecular weight excluding hydrogens is 851 g/mol. The summed E-state index contributed by atoms with van der Waals surface area (Å²) in [6.07, 6.45) is 54.8. The number of carbonyl (C=O) groups excluding carboxylic acids is 1. The molecule has 6 N–H and O–H groups in total. The minimum atomic E-state index is -1.56. The van der Waals surface area contributed by atoms with E-state index in [-0.39, 0.29) is 12.5 Å². The molecule has 0 aliphatic carbocycles. The van der Waals surface area contributed by atoms with Crippen LogP contribution in [0.3, 0.4) is 0 Å². The number of unbranched alkanes of at least 4 members (excludes halogenated alkanes) is 42. The Morgan fingerprint density at radius 3 is 1.15 bits per heavy atom. The van der Waals surface area contributed by atoms with Crippen LogP contribution in [0.5, 0.6) is 0 Å². The second kappa shape index (κ2) is 49.5. The second-order valence-electron chi connectivity index (χ2n) is 21.2. The quantitative estimate of drug-likeness (QED) is 0.0261. The third-order valence-electron chi connectivity index (χ3n) is 14.6. The molecule has 0 aromatic heterocycles. The third kappa shape index (κ3) is 38.6. The fraction of sp³-hybridized carbons (Fsp3) is 0.949. The molecule has 2 unspecified atom stereocenters. The Morgan fingerprint density at radius 2 is 0.809 bits per heavy atom. The normalized spacial score (nSPS) is 19.5. The van der Waals surface area contributed by atoms with Gasteiger partial charge in [0.2, 0.25) is 5.91 Å². The predicted molar refractivity (Wildman–Crippen MR) is 286 cm³/mol. The molecular formula is C59H115NO8. The van der Waals surface area contributed by atoms with Crippen LogP contribution in [0.2, 0.25) is 0 Å². The van der Waals surface area contributed by atoms with Crippen LogP contribution in [-0.4, -0.2) is 87.5 Å². The number of carbonyl (C=O) groups is 1. The van der Waals surface area contributed by atoms with Crippen molar-refractivity contribution in [2.45, 2.75) is 346 Å². The van der Waals surface area contributed by atoms with Gasteiger partial charge in [-0.1, -0.05) is 289 Å². The van der Waals surface area contributed by atoms with Gasteiger partial charge >= 0.3 is 0 Å². The topological polar surface area (TPSA) is 149 Å². The summed E-state index contributed by atoms with van der Waals surface area (Å²) >= 11 is 0. The Labute approximate surface area is 420 Å². The molecule has 0 spiro atoms. The number of aliphatic hydroxyl groups is 5. The minimum Gasteiger partial charge on any atom is -0.394 e. The summed E-state index contributed by atoms with van der Waals surface area (Å²) in [4.78, 5) is 13.0. The van der Waals surface area contributed by atoms with Gasteiger partial charge in [0.25, 0.3) is 0 Å². The molecule has 1 rings (SSSR count). The maximum Gasteiger partial charge on any atom is 0.220 e. The van der Waals surface area contributed by atoms with E-state index in [1.807, 2.05) is 6.08 Å². The van der Waals surface area contributed by atoms with Crippen molar-refractivity contribution in [2.75, 3.05) is 13.2 Å². The van der Waals surface area contributed by atoms with Crippen LogP contribution >= 0.6 is 0 Å². The summed E-state index contributed by atoms with van der Waals surface area (Å²) in [5.41, 5.74) is 0. The van der Waals surface area contributed by atoms with Gasteiger partial charge in [-0.15, -0.1) is 0 Å². The Hall–Kier alpha value is -1.07. The van der Waals surface area contributed by atoms with Crippen molar-refractivity contribution in [1.29, 1.82) is 0 Å².